The molecule has 0 aromatic heterocycles. The average Bonchev–Trinajstić information content (AvgIpc) is 2.36. The van der Waals surface area contributed by atoms with E-state index in [0.29, 0.717) is 11.6 Å². The molecular formula is C15H15ClO2. The van der Waals surface area contributed by atoms with E-state index in [1.807, 2.05) is 49.4 Å². The van der Waals surface area contributed by atoms with Crippen LogP contribution in [-0.4, -0.2) is 7.11 Å². The van der Waals surface area contributed by atoms with Crippen molar-refractivity contribution >= 4 is 11.6 Å². The first-order chi connectivity index (χ1) is 8.67. The Kier molecular flexibility index (Phi) is 4.11. The van der Waals surface area contributed by atoms with Gasteiger partial charge in [0.1, 0.15) is 18.1 Å². The molecule has 0 aliphatic rings. The van der Waals surface area contributed by atoms with Crippen LogP contribution in [-0.2, 0) is 6.61 Å². The molecular weight excluding hydrogens is 248 g/mol. The smallest absolute Gasteiger partial charge is 0.121 e. The summed E-state index contributed by atoms with van der Waals surface area (Å²) in [6.45, 7) is 2.51. The van der Waals surface area contributed by atoms with E-state index in [1.165, 1.54) is 0 Å². The summed E-state index contributed by atoms with van der Waals surface area (Å²) in [6.07, 6.45) is 0. The summed E-state index contributed by atoms with van der Waals surface area (Å²) < 4.78 is 10.8. The molecule has 94 valence electrons. The maximum Gasteiger partial charge on any atom is 0.121 e. The predicted molar refractivity (Wildman–Crippen MR) is 73.5 cm³/mol. The first kappa shape index (κ1) is 12.8. The van der Waals surface area contributed by atoms with Crippen molar-refractivity contribution in [2.45, 2.75) is 13.5 Å². The van der Waals surface area contributed by atoms with Crippen LogP contribution in [0.1, 0.15) is 11.1 Å². The Morgan fingerprint density at radius 2 is 1.72 bits per heavy atom. The fraction of sp³-hybridized carbons (Fsp3) is 0.200. The summed E-state index contributed by atoms with van der Waals surface area (Å²) >= 11 is 5.97. The highest BCUT2D eigenvalue weighted by Gasteiger charge is 1.99. The molecule has 0 saturated carbocycles. The second-order valence-corrected chi connectivity index (χ2v) is 4.54. The van der Waals surface area contributed by atoms with Crippen LogP contribution in [0.25, 0.3) is 0 Å². The summed E-state index contributed by atoms with van der Waals surface area (Å²) in [5.41, 5.74) is 2.18. The Balaban J connectivity index is 2.01. The number of rotatable bonds is 4. The van der Waals surface area contributed by atoms with E-state index in [-0.39, 0.29) is 0 Å². The molecule has 2 nitrogen and oxygen atoms in total. The van der Waals surface area contributed by atoms with Crippen LogP contribution in [0.5, 0.6) is 11.5 Å². The topological polar surface area (TPSA) is 18.5 Å². The minimum absolute atomic E-state index is 0.518. The van der Waals surface area contributed by atoms with E-state index < -0.39 is 0 Å². The average molecular weight is 263 g/mol. The molecule has 0 heterocycles. The van der Waals surface area contributed by atoms with Gasteiger partial charge in [0.25, 0.3) is 0 Å². The van der Waals surface area contributed by atoms with Gasteiger partial charge in [0, 0.05) is 5.02 Å². The van der Waals surface area contributed by atoms with Gasteiger partial charge in [-0.15, -0.1) is 0 Å². The molecule has 0 radical (unpaired) electrons. The van der Waals surface area contributed by atoms with E-state index in [0.717, 1.165) is 22.6 Å². The monoisotopic (exact) mass is 262 g/mol. The van der Waals surface area contributed by atoms with Crippen LogP contribution >= 0.6 is 11.6 Å². The number of ether oxygens (including phenoxy) is 2. The fourth-order valence-electron chi connectivity index (χ4n) is 1.67. The molecule has 2 aromatic rings. The Labute approximate surface area is 112 Å². The molecule has 0 aliphatic heterocycles. The summed E-state index contributed by atoms with van der Waals surface area (Å²) in [6, 6.07) is 13.5. The second-order valence-electron chi connectivity index (χ2n) is 4.10. The quantitative estimate of drug-likeness (QED) is 0.821. The maximum absolute atomic E-state index is 5.97. The Morgan fingerprint density at radius 1 is 1.00 bits per heavy atom. The summed E-state index contributed by atoms with van der Waals surface area (Å²) in [5, 5.41) is 0.694. The molecule has 0 spiro atoms. The highest BCUT2D eigenvalue weighted by molar-refractivity contribution is 6.30. The lowest BCUT2D eigenvalue weighted by Crippen LogP contribution is -1.95. The fourth-order valence-corrected chi connectivity index (χ4v) is 1.95. The number of methoxy groups -OCH3 is 1. The normalized spacial score (nSPS) is 10.2. The number of halogens is 1. The van der Waals surface area contributed by atoms with Gasteiger partial charge in [-0.25, -0.2) is 0 Å². The molecule has 0 atom stereocenters. The van der Waals surface area contributed by atoms with Crippen molar-refractivity contribution in [3.05, 3.63) is 58.6 Å². The maximum atomic E-state index is 5.97. The van der Waals surface area contributed by atoms with Crippen LogP contribution in [0.3, 0.4) is 0 Å². The van der Waals surface area contributed by atoms with E-state index in [4.69, 9.17) is 21.1 Å². The molecule has 0 fully saturated rings. The van der Waals surface area contributed by atoms with Gasteiger partial charge in [0.15, 0.2) is 0 Å². The minimum atomic E-state index is 0.518. The van der Waals surface area contributed by atoms with E-state index >= 15 is 0 Å². The molecule has 0 bridgehead atoms. The van der Waals surface area contributed by atoms with Gasteiger partial charge in [-0.3, -0.25) is 0 Å². The molecule has 0 saturated heterocycles. The SMILES string of the molecule is COc1ccc(COc2cc(C)cc(Cl)c2)cc1. The molecule has 0 aliphatic carbocycles. The van der Waals surface area contributed by atoms with E-state index in [2.05, 4.69) is 0 Å². The van der Waals surface area contributed by atoms with Gasteiger partial charge < -0.3 is 9.47 Å². The number of aryl methyl sites for hydroxylation is 1. The van der Waals surface area contributed by atoms with E-state index in [1.54, 1.807) is 7.11 Å². The van der Waals surface area contributed by atoms with Crippen molar-refractivity contribution < 1.29 is 9.47 Å². The summed E-state index contributed by atoms with van der Waals surface area (Å²) in [5.74, 6) is 1.63. The molecule has 18 heavy (non-hydrogen) atoms. The zero-order valence-electron chi connectivity index (χ0n) is 10.4. The van der Waals surface area contributed by atoms with Gasteiger partial charge in [-0.1, -0.05) is 23.7 Å². The number of hydrogen-bond donors (Lipinski definition) is 0. The Hall–Kier alpha value is -1.67. The minimum Gasteiger partial charge on any atom is -0.497 e. The van der Waals surface area contributed by atoms with Gasteiger partial charge >= 0.3 is 0 Å². The van der Waals surface area contributed by atoms with Gasteiger partial charge in [0.05, 0.1) is 7.11 Å². The van der Waals surface area contributed by atoms with Crippen LogP contribution < -0.4 is 9.47 Å². The predicted octanol–water partition coefficient (Wildman–Crippen LogP) is 4.24. The number of benzene rings is 2. The lowest BCUT2D eigenvalue weighted by Gasteiger charge is -2.08. The first-order valence-electron chi connectivity index (χ1n) is 5.70. The van der Waals surface area contributed by atoms with Crippen LogP contribution in [0.4, 0.5) is 0 Å². The largest absolute Gasteiger partial charge is 0.497 e. The van der Waals surface area contributed by atoms with Gasteiger partial charge in [0.2, 0.25) is 0 Å². The van der Waals surface area contributed by atoms with Crippen LogP contribution in [0.2, 0.25) is 5.02 Å². The molecule has 0 amide bonds. The van der Waals surface area contributed by atoms with Crippen molar-refractivity contribution in [3.63, 3.8) is 0 Å². The van der Waals surface area contributed by atoms with Crippen molar-refractivity contribution in [1.29, 1.82) is 0 Å². The first-order valence-corrected chi connectivity index (χ1v) is 6.08. The van der Waals surface area contributed by atoms with Crippen molar-refractivity contribution in [1.82, 2.24) is 0 Å². The number of hydrogen-bond acceptors (Lipinski definition) is 2. The standard InChI is InChI=1S/C15H15ClO2/c1-11-7-13(16)9-15(8-11)18-10-12-3-5-14(17-2)6-4-12/h3-9H,10H2,1-2H3. The van der Waals surface area contributed by atoms with Crippen LogP contribution in [0, 0.1) is 6.92 Å². The zero-order chi connectivity index (χ0) is 13.0. The van der Waals surface area contributed by atoms with Gasteiger partial charge in [-0.05, 0) is 48.4 Å². The van der Waals surface area contributed by atoms with E-state index in [9.17, 15) is 0 Å². The molecule has 0 unspecified atom stereocenters. The third kappa shape index (κ3) is 3.41. The highest BCUT2D eigenvalue weighted by Crippen LogP contribution is 2.21. The Bertz CT molecular complexity index is 500. The molecule has 2 rings (SSSR count). The molecule has 3 heteroatoms. The molecule has 0 N–H and O–H groups in total. The third-order valence-electron chi connectivity index (χ3n) is 2.58. The zero-order valence-corrected chi connectivity index (χ0v) is 11.2. The molecule has 2 aromatic carbocycles. The van der Waals surface area contributed by atoms with Crippen LogP contribution in [0.15, 0.2) is 42.5 Å². The third-order valence-corrected chi connectivity index (χ3v) is 2.80. The van der Waals surface area contributed by atoms with Gasteiger partial charge in [-0.2, -0.15) is 0 Å². The highest BCUT2D eigenvalue weighted by atomic mass is 35.5. The van der Waals surface area contributed by atoms with Crippen molar-refractivity contribution in [2.75, 3.05) is 7.11 Å². The second kappa shape index (κ2) is 5.78. The Morgan fingerprint density at radius 3 is 2.33 bits per heavy atom. The van der Waals surface area contributed by atoms with Crippen molar-refractivity contribution in [3.8, 4) is 11.5 Å². The lowest BCUT2D eigenvalue weighted by atomic mass is 10.2. The van der Waals surface area contributed by atoms with Crippen molar-refractivity contribution in [2.24, 2.45) is 0 Å². The summed E-state index contributed by atoms with van der Waals surface area (Å²) in [4.78, 5) is 0. The summed E-state index contributed by atoms with van der Waals surface area (Å²) in [7, 11) is 1.65. The lowest BCUT2D eigenvalue weighted by molar-refractivity contribution is 0.306.